The molecule has 0 spiro atoms. The second-order valence-corrected chi connectivity index (χ2v) is 8.48. The van der Waals surface area contributed by atoms with Crippen molar-refractivity contribution in [2.24, 2.45) is 0 Å². The second kappa shape index (κ2) is 10.2. The summed E-state index contributed by atoms with van der Waals surface area (Å²) in [4.78, 5) is 24.0. The highest BCUT2D eigenvalue weighted by atomic mass is 32.2. The van der Waals surface area contributed by atoms with Gasteiger partial charge in [0.2, 0.25) is 15.9 Å². The molecular formula is C21H26N2O5S. The van der Waals surface area contributed by atoms with Crippen molar-refractivity contribution in [3.63, 3.8) is 0 Å². The Labute approximate surface area is 171 Å². The number of benzene rings is 2. The SMILES string of the molecule is CCOC(=O)c1ccc(NC(=O)CCc2ccc(S(=O)(=O)NC(C)C)cc2)cc1. The van der Waals surface area contributed by atoms with Crippen LogP contribution in [-0.2, 0) is 26.0 Å². The Morgan fingerprint density at radius 2 is 1.62 bits per heavy atom. The second-order valence-electron chi connectivity index (χ2n) is 6.77. The summed E-state index contributed by atoms with van der Waals surface area (Å²) in [5.41, 5.74) is 1.87. The summed E-state index contributed by atoms with van der Waals surface area (Å²) in [5.74, 6) is -0.577. The van der Waals surface area contributed by atoms with Gasteiger partial charge in [-0.05, 0) is 69.2 Å². The number of carbonyl (C=O) groups excluding carboxylic acids is 2. The molecule has 0 aromatic heterocycles. The standard InChI is InChI=1S/C21H26N2O5S/c1-4-28-21(25)17-8-10-18(11-9-17)22-20(24)14-7-16-5-12-19(13-6-16)29(26,27)23-15(2)3/h5-6,8-13,15,23H,4,7,14H2,1-3H3,(H,22,24). The van der Waals surface area contributed by atoms with E-state index >= 15 is 0 Å². The van der Waals surface area contributed by atoms with Crippen LogP contribution in [0.25, 0.3) is 0 Å². The Balaban J connectivity index is 1.88. The number of rotatable bonds is 9. The Kier molecular flexibility index (Phi) is 7.92. The maximum absolute atomic E-state index is 12.1. The van der Waals surface area contributed by atoms with Gasteiger partial charge in [0, 0.05) is 18.2 Å². The molecule has 0 aliphatic carbocycles. The molecule has 0 aliphatic heterocycles. The van der Waals surface area contributed by atoms with Gasteiger partial charge < -0.3 is 10.1 Å². The Morgan fingerprint density at radius 3 is 2.17 bits per heavy atom. The van der Waals surface area contributed by atoms with Gasteiger partial charge in [-0.25, -0.2) is 17.9 Å². The number of sulfonamides is 1. The van der Waals surface area contributed by atoms with Crippen molar-refractivity contribution < 1.29 is 22.7 Å². The molecule has 2 rings (SSSR count). The number of hydrogen-bond donors (Lipinski definition) is 2. The molecule has 7 nitrogen and oxygen atoms in total. The summed E-state index contributed by atoms with van der Waals surface area (Å²) >= 11 is 0. The molecule has 0 radical (unpaired) electrons. The zero-order valence-corrected chi connectivity index (χ0v) is 17.6. The van der Waals surface area contributed by atoms with Gasteiger partial charge in [0.1, 0.15) is 0 Å². The van der Waals surface area contributed by atoms with E-state index < -0.39 is 16.0 Å². The van der Waals surface area contributed by atoms with E-state index in [1.165, 1.54) is 12.1 Å². The van der Waals surface area contributed by atoms with E-state index in [2.05, 4.69) is 10.0 Å². The van der Waals surface area contributed by atoms with Gasteiger partial charge in [-0.3, -0.25) is 4.79 Å². The molecule has 0 saturated carbocycles. The Morgan fingerprint density at radius 1 is 1.00 bits per heavy atom. The van der Waals surface area contributed by atoms with Gasteiger partial charge in [-0.1, -0.05) is 12.1 Å². The maximum atomic E-state index is 12.1. The first-order valence-electron chi connectivity index (χ1n) is 9.39. The lowest BCUT2D eigenvalue weighted by atomic mass is 10.1. The number of hydrogen-bond acceptors (Lipinski definition) is 5. The lowest BCUT2D eigenvalue weighted by Gasteiger charge is -2.10. The first-order chi connectivity index (χ1) is 13.7. The zero-order chi connectivity index (χ0) is 21.4. The van der Waals surface area contributed by atoms with E-state index in [4.69, 9.17) is 4.74 Å². The van der Waals surface area contributed by atoms with Gasteiger partial charge in [-0.2, -0.15) is 0 Å². The molecule has 2 N–H and O–H groups in total. The quantitative estimate of drug-likeness (QED) is 0.609. The summed E-state index contributed by atoms with van der Waals surface area (Å²) in [6.45, 7) is 5.56. The third kappa shape index (κ3) is 6.99. The summed E-state index contributed by atoms with van der Waals surface area (Å²) in [6.07, 6.45) is 0.723. The molecule has 1 amide bonds. The summed E-state index contributed by atoms with van der Waals surface area (Å²) in [6, 6.07) is 12.8. The van der Waals surface area contributed by atoms with Crippen LogP contribution in [0.5, 0.6) is 0 Å². The molecule has 0 fully saturated rings. The van der Waals surface area contributed by atoms with Crippen molar-refractivity contribution in [3.8, 4) is 0 Å². The monoisotopic (exact) mass is 418 g/mol. The normalized spacial score (nSPS) is 11.3. The largest absolute Gasteiger partial charge is 0.462 e. The Bertz CT molecular complexity index is 936. The van der Waals surface area contributed by atoms with E-state index in [1.807, 2.05) is 0 Å². The van der Waals surface area contributed by atoms with Gasteiger partial charge in [0.25, 0.3) is 0 Å². The van der Waals surface area contributed by atoms with Crippen molar-refractivity contribution in [2.75, 3.05) is 11.9 Å². The van der Waals surface area contributed by atoms with Gasteiger partial charge >= 0.3 is 5.97 Å². The minimum absolute atomic E-state index is 0.174. The minimum atomic E-state index is -3.52. The highest BCUT2D eigenvalue weighted by Gasteiger charge is 2.15. The Hall–Kier alpha value is -2.71. The molecule has 0 aliphatic rings. The summed E-state index contributed by atoms with van der Waals surface area (Å²) < 4.78 is 31.7. The molecule has 0 heterocycles. The van der Waals surface area contributed by atoms with Gasteiger partial charge in [0.15, 0.2) is 0 Å². The molecule has 156 valence electrons. The van der Waals surface area contributed by atoms with Crippen LogP contribution in [0.2, 0.25) is 0 Å². The van der Waals surface area contributed by atoms with Crippen molar-refractivity contribution in [1.29, 1.82) is 0 Å². The van der Waals surface area contributed by atoms with E-state index in [0.29, 0.717) is 24.3 Å². The third-order valence-corrected chi connectivity index (χ3v) is 5.62. The summed E-state index contributed by atoms with van der Waals surface area (Å²) in [7, 11) is -3.52. The molecule has 2 aromatic carbocycles. The molecule has 8 heteroatoms. The molecule has 0 atom stereocenters. The van der Waals surface area contributed by atoms with Crippen LogP contribution < -0.4 is 10.0 Å². The average molecular weight is 419 g/mol. The van der Waals surface area contributed by atoms with Crippen molar-refractivity contribution >= 4 is 27.6 Å². The smallest absolute Gasteiger partial charge is 0.338 e. The van der Waals surface area contributed by atoms with Crippen LogP contribution in [0, 0.1) is 0 Å². The first kappa shape index (κ1) is 22.6. The van der Waals surface area contributed by atoms with E-state index in [-0.39, 0.29) is 23.3 Å². The van der Waals surface area contributed by atoms with Crippen molar-refractivity contribution in [1.82, 2.24) is 4.72 Å². The van der Waals surface area contributed by atoms with Gasteiger partial charge in [-0.15, -0.1) is 0 Å². The number of carbonyl (C=O) groups is 2. The molecule has 0 saturated heterocycles. The molecular weight excluding hydrogens is 392 g/mol. The average Bonchev–Trinajstić information content (AvgIpc) is 2.66. The lowest BCUT2D eigenvalue weighted by molar-refractivity contribution is -0.116. The lowest BCUT2D eigenvalue weighted by Crippen LogP contribution is -2.30. The van der Waals surface area contributed by atoms with E-state index in [9.17, 15) is 18.0 Å². The third-order valence-electron chi connectivity index (χ3n) is 3.95. The molecule has 0 bridgehead atoms. The van der Waals surface area contributed by atoms with Crippen molar-refractivity contribution in [3.05, 3.63) is 59.7 Å². The molecule has 29 heavy (non-hydrogen) atoms. The fourth-order valence-electron chi connectivity index (χ4n) is 2.60. The van der Waals surface area contributed by atoms with Crippen LogP contribution in [0.15, 0.2) is 53.4 Å². The number of nitrogens with one attached hydrogen (secondary N) is 2. The highest BCUT2D eigenvalue weighted by molar-refractivity contribution is 7.89. The predicted molar refractivity (Wildman–Crippen MR) is 111 cm³/mol. The van der Waals surface area contributed by atoms with Crippen LogP contribution in [-0.4, -0.2) is 32.9 Å². The topological polar surface area (TPSA) is 102 Å². The predicted octanol–water partition coefficient (Wildman–Crippen LogP) is 3.12. The number of esters is 1. The van der Waals surface area contributed by atoms with Crippen LogP contribution in [0.1, 0.15) is 43.1 Å². The van der Waals surface area contributed by atoms with Crippen molar-refractivity contribution in [2.45, 2.75) is 44.6 Å². The maximum Gasteiger partial charge on any atom is 0.338 e. The number of anilines is 1. The van der Waals surface area contributed by atoms with Crippen LogP contribution >= 0.6 is 0 Å². The number of aryl methyl sites for hydroxylation is 1. The van der Waals surface area contributed by atoms with Crippen LogP contribution in [0.4, 0.5) is 5.69 Å². The molecule has 2 aromatic rings. The highest BCUT2D eigenvalue weighted by Crippen LogP contribution is 2.14. The number of ether oxygens (including phenoxy) is 1. The van der Waals surface area contributed by atoms with Crippen LogP contribution in [0.3, 0.4) is 0 Å². The molecule has 0 unspecified atom stereocenters. The number of amides is 1. The first-order valence-corrected chi connectivity index (χ1v) is 10.9. The minimum Gasteiger partial charge on any atom is -0.462 e. The van der Waals surface area contributed by atoms with E-state index in [1.54, 1.807) is 57.2 Å². The van der Waals surface area contributed by atoms with Gasteiger partial charge in [0.05, 0.1) is 17.1 Å². The fourth-order valence-corrected chi connectivity index (χ4v) is 3.85. The summed E-state index contributed by atoms with van der Waals surface area (Å²) in [5, 5.41) is 2.77. The fraction of sp³-hybridized carbons (Fsp3) is 0.333. The van der Waals surface area contributed by atoms with E-state index in [0.717, 1.165) is 5.56 Å². The zero-order valence-electron chi connectivity index (χ0n) is 16.8.